The largest absolute Gasteiger partial charge is 0.328 e. The summed E-state index contributed by atoms with van der Waals surface area (Å²) in [6.45, 7) is 6.24. The second-order valence-electron chi connectivity index (χ2n) is 10.5. The summed E-state index contributed by atoms with van der Waals surface area (Å²) in [6.07, 6.45) is 3.52. The number of rotatable bonds is 8. The lowest BCUT2D eigenvalue weighted by Crippen LogP contribution is -2.50. The third-order valence-corrected chi connectivity index (χ3v) is 7.37. The van der Waals surface area contributed by atoms with Gasteiger partial charge in [0.15, 0.2) is 0 Å². The number of amides is 1. The number of imidazole rings is 1. The van der Waals surface area contributed by atoms with Crippen LogP contribution in [0.3, 0.4) is 0 Å². The maximum atomic E-state index is 15.0. The standard InChI is InChI=1S/C32H34F2N4O/c1-22(2)30(38(26-15-17-35-18-16-26)32(39)27-14-13-25(33)19-28(27)34)31-36-29(24-11-7-4-8-12-24)21-37(31)20-23-9-5-3-6-10-23/h3-14,19,21-22,26,30,35H,15-18,20H2,1-2H3. The normalized spacial score (nSPS) is 14.9. The Kier molecular flexibility index (Phi) is 8.17. The molecule has 1 N–H and O–H groups in total. The van der Waals surface area contributed by atoms with Crippen molar-refractivity contribution in [2.45, 2.75) is 45.3 Å². The summed E-state index contributed by atoms with van der Waals surface area (Å²) in [5.74, 6) is -1.26. The van der Waals surface area contributed by atoms with Crippen LogP contribution in [0.4, 0.5) is 8.78 Å². The number of hydrogen-bond donors (Lipinski definition) is 1. The van der Waals surface area contributed by atoms with Gasteiger partial charge in [-0.1, -0.05) is 74.5 Å². The Bertz CT molecular complexity index is 1400. The van der Waals surface area contributed by atoms with Crippen molar-refractivity contribution in [3.8, 4) is 11.3 Å². The fourth-order valence-electron chi connectivity index (χ4n) is 5.47. The predicted molar refractivity (Wildman–Crippen MR) is 149 cm³/mol. The van der Waals surface area contributed by atoms with Crippen LogP contribution in [0.25, 0.3) is 11.3 Å². The number of nitrogens with zero attached hydrogens (tertiary/aromatic N) is 3. The molecule has 1 fully saturated rings. The Hall–Kier alpha value is -3.84. The van der Waals surface area contributed by atoms with E-state index in [0.717, 1.165) is 60.7 Å². The van der Waals surface area contributed by atoms with Crippen LogP contribution in [0.5, 0.6) is 0 Å². The van der Waals surface area contributed by atoms with Gasteiger partial charge in [0.25, 0.3) is 5.91 Å². The molecule has 0 spiro atoms. The number of halogens is 2. The molecule has 39 heavy (non-hydrogen) atoms. The molecule has 5 rings (SSSR count). The van der Waals surface area contributed by atoms with Crippen molar-refractivity contribution in [1.29, 1.82) is 0 Å². The molecule has 1 aliphatic heterocycles. The summed E-state index contributed by atoms with van der Waals surface area (Å²) >= 11 is 0. The maximum Gasteiger partial charge on any atom is 0.257 e. The highest BCUT2D eigenvalue weighted by molar-refractivity contribution is 5.95. The van der Waals surface area contributed by atoms with Crippen molar-refractivity contribution in [1.82, 2.24) is 19.8 Å². The quantitative estimate of drug-likeness (QED) is 0.285. The van der Waals surface area contributed by atoms with E-state index in [1.807, 2.05) is 59.6 Å². The molecule has 0 radical (unpaired) electrons. The van der Waals surface area contributed by atoms with Gasteiger partial charge in [0.1, 0.15) is 17.5 Å². The van der Waals surface area contributed by atoms with Crippen molar-refractivity contribution >= 4 is 5.91 Å². The number of piperidine rings is 1. The van der Waals surface area contributed by atoms with Crippen LogP contribution < -0.4 is 5.32 Å². The molecule has 1 aliphatic rings. The minimum atomic E-state index is -0.848. The molecule has 3 aromatic carbocycles. The fraction of sp³-hybridized carbons (Fsp3) is 0.312. The van der Waals surface area contributed by atoms with E-state index in [1.165, 1.54) is 6.07 Å². The third kappa shape index (κ3) is 5.93. The Balaban J connectivity index is 1.65. The summed E-state index contributed by atoms with van der Waals surface area (Å²) in [6, 6.07) is 22.7. The molecule has 1 aromatic heterocycles. The van der Waals surface area contributed by atoms with Crippen molar-refractivity contribution in [2.24, 2.45) is 5.92 Å². The van der Waals surface area contributed by atoms with Crippen molar-refractivity contribution in [3.63, 3.8) is 0 Å². The van der Waals surface area contributed by atoms with E-state index in [2.05, 4.69) is 35.9 Å². The highest BCUT2D eigenvalue weighted by Crippen LogP contribution is 2.36. The number of hydrogen-bond acceptors (Lipinski definition) is 3. The van der Waals surface area contributed by atoms with E-state index >= 15 is 0 Å². The van der Waals surface area contributed by atoms with Gasteiger partial charge in [0, 0.05) is 30.4 Å². The molecular formula is C32H34F2N4O. The van der Waals surface area contributed by atoms with Crippen LogP contribution in [-0.4, -0.2) is 39.5 Å². The first-order valence-corrected chi connectivity index (χ1v) is 13.6. The van der Waals surface area contributed by atoms with Gasteiger partial charge in [-0.05, 0) is 49.5 Å². The van der Waals surface area contributed by atoms with E-state index in [4.69, 9.17) is 4.98 Å². The molecular weight excluding hydrogens is 494 g/mol. The molecule has 2 heterocycles. The summed E-state index contributed by atoms with van der Waals surface area (Å²) in [5, 5.41) is 3.36. The number of benzene rings is 3. The van der Waals surface area contributed by atoms with Crippen molar-refractivity contribution in [3.05, 3.63) is 114 Å². The molecule has 1 atom stereocenters. The van der Waals surface area contributed by atoms with E-state index in [-0.39, 0.29) is 17.5 Å². The molecule has 1 saturated heterocycles. The zero-order valence-electron chi connectivity index (χ0n) is 22.4. The van der Waals surface area contributed by atoms with Crippen LogP contribution in [0.15, 0.2) is 85.1 Å². The molecule has 0 bridgehead atoms. The van der Waals surface area contributed by atoms with Gasteiger partial charge in [-0.2, -0.15) is 0 Å². The minimum Gasteiger partial charge on any atom is -0.328 e. The van der Waals surface area contributed by atoms with Crippen molar-refractivity contribution in [2.75, 3.05) is 13.1 Å². The highest BCUT2D eigenvalue weighted by Gasteiger charge is 2.38. The van der Waals surface area contributed by atoms with Crippen LogP contribution in [0.1, 0.15) is 54.5 Å². The maximum absolute atomic E-state index is 15.0. The van der Waals surface area contributed by atoms with Crippen LogP contribution in [0, 0.1) is 17.6 Å². The predicted octanol–water partition coefficient (Wildman–Crippen LogP) is 6.47. The molecule has 0 saturated carbocycles. The van der Waals surface area contributed by atoms with E-state index in [9.17, 15) is 13.6 Å². The van der Waals surface area contributed by atoms with Gasteiger partial charge >= 0.3 is 0 Å². The van der Waals surface area contributed by atoms with Gasteiger partial charge in [-0.15, -0.1) is 0 Å². The summed E-state index contributed by atoms with van der Waals surface area (Å²) in [7, 11) is 0. The smallest absolute Gasteiger partial charge is 0.257 e. The number of carbonyl (C=O) groups excluding carboxylic acids is 1. The van der Waals surface area contributed by atoms with E-state index in [0.29, 0.717) is 6.54 Å². The second-order valence-corrected chi connectivity index (χ2v) is 10.5. The van der Waals surface area contributed by atoms with Crippen molar-refractivity contribution < 1.29 is 13.6 Å². The molecule has 202 valence electrons. The lowest BCUT2D eigenvalue weighted by Gasteiger charge is -2.42. The number of carbonyl (C=O) groups is 1. The molecule has 1 unspecified atom stereocenters. The first kappa shape index (κ1) is 26.8. The Morgan fingerprint density at radius 1 is 1.00 bits per heavy atom. The first-order chi connectivity index (χ1) is 18.9. The third-order valence-electron chi connectivity index (χ3n) is 7.37. The van der Waals surface area contributed by atoms with Gasteiger partial charge < -0.3 is 14.8 Å². The average molecular weight is 529 g/mol. The molecule has 7 heteroatoms. The zero-order valence-corrected chi connectivity index (χ0v) is 22.4. The molecule has 0 aliphatic carbocycles. The van der Waals surface area contributed by atoms with Gasteiger partial charge in [-0.3, -0.25) is 4.79 Å². The fourth-order valence-corrected chi connectivity index (χ4v) is 5.47. The number of aromatic nitrogens is 2. The Morgan fingerprint density at radius 3 is 2.31 bits per heavy atom. The van der Waals surface area contributed by atoms with Crippen LogP contribution >= 0.6 is 0 Å². The topological polar surface area (TPSA) is 50.2 Å². The molecule has 1 amide bonds. The zero-order chi connectivity index (χ0) is 27.4. The van der Waals surface area contributed by atoms with E-state index < -0.39 is 23.6 Å². The summed E-state index contributed by atoms with van der Waals surface area (Å²) < 4.78 is 30.8. The molecule has 4 aromatic rings. The first-order valence-electron chi connectivity index (χ1n) is 13.6. The Labute approximate surface area is 228 Å². The summed E-state index contributed by atoms with van der Waals surface area (Å²) in [5.41, 5.74) is 2.79. The van der Waals surface area contributed by atoms with Gasteiger partial charge in [0.2, 0.25) is 0 Å². The highest BCUT2D eigenvalue weighted by atomic mass is 19.1. The average Bonchev–Trinajstić information content (AvgIpc) is 3.35. The lowest BCUT2D eigenvalue weighted by molar-refractivity contribution is 0.0414. The van der Waals surface area contributed by atoms with E-state index in [1.54, 1.807) is 0 Å². The lowest BCUT2D eigenvalue weighted by atomic mass is 9.94. The molecule has 5 nitrogen and oxygen atoms in total. The van der Waals surface area contributed by atoms with Gasteiger partial charge in [0.05, 0.1) is 17.3 Å². The SMILES string of the molecule is CC(C)C(c1nc(-c2ccccc2)cn1Cc1ccccc1)N(C(=O)c1ccc(F)cc1F)C1CCNCC1. The number of nitrogens with one attached hydrogen (secondary N) is 1. The monoisotopic (exact) mass is 528 g/mol. The van der Waals surface area contributed by atoms with Crippen LogP contribution in [0.2, 0.25) is 0 Å². The van der Waals surface area contributed by atoms with Crippen LogP contribution in [-0.2, 0) is 6.54 Å². The van der Waals surface area contributed by atoms with Gasteiger partial charge in [-0.25, -0.2) is 13.8 Å². The second kappa shape index (κ2) is 11.9. The minimum absolute atomic E-state index is 0.0205. The summed E-state index contributed by atoms with van der Waals surface area (Å²) in [4.78, 5) is 21.1. The Morgan fingerprint density at radius 2 is 1.67 bits per heavy atom.